The molecule has 0 radical (unpaired) electrons. The number of halogens is 6. The molecule has 1 aliphatic rings. The van der Waals surface area contributed by atoms with Gasteiger partial charge in [-0.05, 0) is 31.5 Å². The number of rotatable bonds is 7. The fraction of sp³-hybridized carbons (Fsp3) is 0.647. The van der Waals surface area contributed by atoms with Gasteiger partial charge in [-0.15, -0.1) is 0 Å². The van der Waals surface area contributed by atoms with Crippen LogP contribution >= 0.6 is 0 Å². The van der Waals surface area contributed by atoms with Crippen LogP contribution in [0.5, 0.6) is 5.75 Å². The molecule has 0 amide bonds. The molecule has 1 aromatic carbocycles. The van der Waals surface area contributed by atoms with Crippen LogP contribution in [0.2, 0.25) is 0 Å². The Kier molecular flexibility index (Phi) is 7.21. The van der Waals surface area contributed by atoms with Crippen molar-refractivity contribution in [3.63, 3.8) is 0 Å². The minimum absolute atomic E-state index is 0.0407. The second-order valence-electron chi connectivity index (χ2n) is 6.27. The molecule has 1 aromatic rings. The first-order valence-corrected chi connectivity index (χ1v) is 8.55. The van der Waals surface area contributed by atoms with Crippen molar-refractivity contribution in [2.75, 3.05) is 44.8 Å². The van der Waals surface area contributed by atoms with E-state index in [1.807, 2.05) is 0 Å². The minimum Gasteiger partial charge on any atom is -0.491 e. The summed E-state index contributed by atoms with van der Waals surface area (Å²) in [5.41, 5.74) is -1.37. The van der Waals surface area contributed by atoms with Gasteiger partial charge in [0.05, 0.1) is 31.1 Å². The lowest BCUT2D eigenvalue weighted by molar-refractivity contribution is -0.138. The SMILES string of the molecule is CC(Nc1cc(C(F)(F)F)ccc1OCCCN1CCOCC1)C(F)(F)F. The number of alkyl halides is 6. The van der Waals surface area contributed by atoms with Gasteiger partial charge in [0, 0.05) is 19.6 Å². The summed E-state index contributed by atoms with van der Waals surface area (Å²) in [6, 6.07) is 0.459. The molecule has 0 spiro atoms. The maximum atomic E-state index is 12.9. The van der Waals surface area contributed by atoms with Crippen LogP contribution in [0.15, 0.2) is 18.2 Å². The van der Waals surface area contributed by atoms with Crippen LogP contribution in [0, 0.1) is 0 Å². The van der Waals surface area contributed by atoms with Crippen LogP contribution in [-0.2, 0) is 10.9 Å². The summed E-state index contributed by atoms with van der Waals surface area (Å²) in [5.74, 6) is -0.0407. The van der Waals surface area contributed by atoms with Gasteiger partial charge in [0.1, 0.15) is 11.8 Å². The smallest absolute Gasteiger partial charge is 0.416 e. The topological polar surface area (TPSA) is 33.7 Å². The number of benzene rings is 1. The van der Waals surface area contributed by atoms with Crippen LogP contribution in [0.25, 0.3) is 0 Å². The Balaban J connectivity index is 2.02. The molecule has 1 saturated heterocycles. The zero-order valence-corrected chi connectivity index (χ0v) is 14.8. The van der Waals surface area contributed by atoms with Gasteiger partial charge in [0.15, 0.2) is 0 Å². The fourth-order valence-electron chi connectivity index (χ4n) is 2.56. The molecule has 1 fully saturated rings. The molecular formula is C17H22F6N2O2. The van der Waals surface area contributed by atoms with Crippen molar-refractivity contribution in [1.82, 2.24) is 4.90 Å². The molecule has 1 unspecified atom stereocenters. The van der Waals surface area contributed by atoms with E-state index in [9.17, 15) is 26.3 Å². The monoisotopic (exact) mass is 400 g/mol. The zero-order valence-electron chi connectivity index (χ0n) is 14.8. The van der Waals surface area contributed by atoms with Gasteiger partial charge < -0.3 is 14.8 Å². The van der Waals surface area contributed by atoms with Crippen LogP contribution in [0.1, 0.15) is 18.9 Å². The number of nitrogens with one attached hydrogen (secondary N) is 1. The van der Waals surface area contributed by atoms with E-state index in [0.29, 0.717) is 32.2 Å². The normalized spacial score (nSPS) is 17.6. The van der Waals surface area contributed by atoms with Crippen molar-refractivity contribution in [3.8, 4) is 5.75 Å². The maximum absolute atomic E-state index is 12.9. The largest absolute Gasteiger partial charge is 0.491 e. The molecule has 154 valence electrons. The van der Waals surface area contributed by atoms with Crippen molar-refractivity contribution in [1.29, 1.82) is 0 Å². The summed E-state index contributed by atoms with van der Waals surface area (Å²) >= 11 is 0. The Morgan fingerprint density at radius 1 is 1.15 bits per heavy atom. The summed E-state index contributed by atoms with van der Waals surface area (Å²) in [5, 5.41) is 2.08. The third-order valence-corrected chi connectivity index (χ3v) is 4.15. The first kappa shape index (κ1) is 21.6. The first-order chi connectivity index (χ1) is 12.6. The van der Waals surface area contributed by atoms with Crippen LogP contribution in [-0.4, -0.2) is 56.6 Å². The molecule has 4 nitrogen and oxygen atoms in total. The van der Waals surface area contributed by atoms with Crippen LogP contribution in [0.3, 0.4) is 0 Å². The lowest BCUT2D eigenvalue weighted by atomic mass is 10.1. The Labute approximate surface area is 153 Å². The summed E-state index contributed by atoms with van der Waals surface area (Å²) in [7, 11) is 0. The molecule has 1 atom stereocenters. The molecule has 0 bridgehead atoms. The third-order valence-electron chi connectivity index (χ3n) is 4.15. The van der Waals surface area contributed by atoms with Crippen molar-refractivity contribution in [3.05, 3.63) is 23.8 Å². The molecule has 0 aromatic heterocycles. The fourth-order valence-corrected chi connectivity index (χ4v) is 2.56. The van der Waals surface area contributed by atoms with Gasteiger partial charge in [-0.25, -0.2) is 0 Å². The number of ether oxygens (including phenoxy) is 2. The average molecular weight is 400 g/mol. The van der Waals surface area contributed by atoms with Gasteiger partial charge in [0.25, 0.3) is 0 Å². The average Bonchev–Trinajstić information content (AvgIpc) is 2.59. The van der Waals surface area contributed by atoms with E-state index in [1.54, 1.807) is 0 Å². The Hall–Kier alpha value is -1.68. The van der Waals surface area contributed by atoms with E-state index in [2.05, 4.69) is 10.2 Å². The van der Waals surface area contributed by atoms with E-state index >= 15 is 0 Å². The predicted octanol–water partition coefficient (Wildman–Crippen LogP) is 4.17. The van der Waals surface area contributed by atoms with Crippen molar-refractivity contribution < 1.29 is 35.8 Å². The maximum Gasteiger partial charge on any atom is 0.416 e. The predicted molar refractivity (Wildman–Crippen MR) is 88.0 cm³/mol. The van der Waals surface area contributed by atoms with Gasteiger partial charge in [0.2, 0.25) is 0 Å². The summed E-state index contributed by atoms with van der Waals surface area (Å²) in [4.78, 5) is 2.16. The molecule has 1 aliphatic heterocycles. The lowest BCUT2D eigenvalue weighted by Gasteiger charge is -2.26. The van der Waals surface area contributed by atoms with Crippen LogP contribution < -0.4 is 10.1 Å². The van der Waals surface area contributed by atoms with Crippen molar-refractivity contribution in [2.24, 2.45) is 0 Å². The van der Waals surface area contributed by atoms with E-state index in [4.69, 9.17) is 9.47 Å². The van der Waals surface area contributed by atoms with Crippen molar-refractivity contribution >= 4 is 5.69 Å². The number of hydrogen-bond donors (Lipinski definition) is 1. The van der Waals surface area contributed by atoms with E-state index in [-0.39, 0.29) is 18.0 Å². The third kappa shape index (κ3) is 6.76. The van der Waals surface area contributed by atoms with Gasteiger partial charge in [-0.1, -0.05) is 0 Å². The molecule has 27 heavy (non-hydrogen) atoms. The lowest BCUT2D eigenvalue weighted by Crippen LogP contribution is -2.37. The molecule has 0 aliphatic carbocycles. The first-order valence-electron chi connectivity index (χ1n) is 8.55. The summed E-state index contributed by atoms with van der Waals surface area (Å²) < 4.78 is 87.6. The Morgan fingerprint density at radius 2 is 1.81 bits per heavy atom. The standard InChI is InChI=1S/C17H22F6N2O2/c1-12(16(18,19)20)24-14-11-13(17(21,22)23)3-4-15(14)27-8-2-5-25-6-9-26-10-7-25/h3-4,11-12,24H,2,5-10H2,1H3. The van der Waals surface area contributed by atoms with E-state index < -0.39 is 24.0 Å². The van der Waals surface area contributed by atoms with E-state index in [0.717, 1.165) is 32.1 Å². The second kappa shape index (κ2) is 9.01. The molecular weight excluding hydrogens is 378 g/mol. The second-order valence-corrected chi connectivity index (χ2v) is 6.27. The Morgan fingerprint density at radius 3 is 2.41 bits per heavy atom. The highest BCUT2D eigenvalue weighted by atomic mass is 19.4. The van der Waals surface area contributed by atoms with Gasteiger partial charge in [-0.3, -0.25) is 4.90 Å². The van der Waals surface area contributed by atoms with Crippen molar-refractivity contribution in [2.45, 2.75) is 31.7 Å². The molecule has 0 saturated carbocycles. The van der Waals surface area contributed by atoms with E-state index in [1.165, 1.54) is 0 Å². The summed E-state index contributed by atoms with van der Waals surface area (Å²) in [6.45, 7) is 4.59. The molecule has 10 heteroatoms. The molecule has 1 N–H and O–H groups in total. The van der Waals surface area contributed by atoms with Crippen LogP contribution in [0.4, 0.5) is 32.0 Å². The molecule has 2 rings (SSSR count). The zero-order chi connectivity index (χ0) is 20.1. The highest BCUT2D eigenvalue weighted by Crippen LogP contribution is 2.36. The quantitative estimate of drug-likeness (QED) is 0.550. The number of anilines is 1. The van der Waals surface area contributed by atoms with Gasteiger partial charge >= 0.3 is 12.4 Å². The summed E-state index contributed by atoms with van der Waals surface area (Å²) in [6.07, 6.45) is -8.66. The highest BCUT2D eigenvalue weighted by Gasteiger charge is 2.37. The number of nitrogens with zero attached hydrogens (tertiary/aromatic N) is 1. The highest BCUT2D eigenvalue weighted by molar-refractivity contribution is 5.59. The van der Waals surface area contributed by atoms with Gasteiger partial charge in [-0.2, -0.15) is 26.3 Å². The number of morpholine rings is 1. The Bertz CT molecular complexity index is 600. The number of hydrogen-bond acceptors (Lipinski definition) is 4. The molecule has 1 heterocycles. The minimum atomic E-state index is -4.66.